The first-order valence-corrected chi connectivity index (χ1v) is 16.3. The van der Waals surface area contributed by atoms with Gasteiger partial charge < -0.3 is 8.85 Å². The summed E-state index contributed by atoms with van der Waals surface area (Å²) in [6, 6.07) is 1.16. The lowest BCUT2D eigenvalue weighted by Gasteiger charge is -2.47. The van der Waals surface area contributed by atoms with Crippen LogP contribution in [-0.2, 0) is 8.85 Å². The van der Waals surface area contributed by atoms with E-state index in [9.17, 15) is 0 Å². The van der Waals surface area contributed by atoms with Crippen LogP contribution < -0.4 is 0 Å². The van der Waals surface area contributed by atoms with E-state index in [0.29, 0.717) is 5.92 Å². The van der Waals surface area contributed by atoms with Gasteiger partial charge in [0.25, 0.3) is 0 Å². The summed E-state index contributed by atoms with van der Waals surface area (Å²) in [5, 5.41) is 0.166. The van der Waals surface area contributed by atoms with E-state index in [1.807, 2.05) is 0 Å². The summed E-state index contributed by atoms with van der Waals surface area (Å²) in [5.41, 5.74) is 0. The van der Waals surface area contributed by atoms with Gasteiger partial charge >= 0.3 is 8.56 Å². The molecule has 2 nitrogen and oxygen atoms in total. The molecule has 0 aromatic rings. The summed E-state index contributed by atoms with van der Waals surface area (Å²) >= 11 is 0. The van der Waals surface area contributed by atoms with Crippen molar-refractivity contribution in [2.45, 2.75) is 162 Å². The molecule has 188 valence electrons. The summed E-state index contributed by atoms with van der Waals surface area (Å²) in [5.74, 6) is 0.684. The molecule has 0 aromatic carbocycles. The molecule has 0 fully saturated rings. The normalized spacial score (nSPS) is 12.8. The Hall–Kier alpha value is 0.137. The Kier molecular flexibility index (Phi) is 19.7. The molecule has 0 radical (unpaired) electrons. The van der Waals surface area contributed by atoms with Gasteiger partial charge in [-0.05, 0) is 25.8 Å². The Balaban J connectivity index is 4.19. The van der Waals surface area contributed by atoms with E-state index >= 15 is 0 Å². The maximum absolute atomic E-state index is 6.55. The third-order valence-electron chi connectivity index (χ3n) is 7.60. The second-order valence-electron chi connectivity index (χ2n) is 10.2. The maximum Gasteiger partial charge on any atom is 0.344 e. The molecule has 0 rings (SSSR count). The molecule has 0 unspecified atom stereocenters. The molecule has 3 heteroatoms. The zero-order chi connectivity index (χ0) is 23.4. The van der Waals surface area contributed by atoms with E-state index in [4.69, 9.17) is 8.85 Å². The van der Waals surface area contributed by atoms with Crippen molar-refractivity contribution in [1.82, 2.24) is 0 Å². The van der Waals surface area contributed by atoms with Gasteiger partial charge in [0.1, 0.15) is 0 Å². The zero-order valence-corrected chi connectivity index (χ0v) is 23.8. The lowest BCUT2D eigenvalue weighted by molar-refractivity contribution is 0.136. The predicted octanol–water partition coefficient (Wildman–Crippen LogP) is 10.2. The third kappa shape index (κ3) is 12.2. The minimum Gasteiger partial charge on any atom is -0.394 e. The summed E-state index contributed by atoms with van der Waals surface area (Å²) in [6.45, 7) is 17.7. The Morgan fingerprint density at radius 1 is 0.548 bits per heavy atom. The van der Waals surface area contributed by atoms with Gasteiger partial charge in [0.2, 0.25) is 0 Å². The van der Waals surface area contributed by atoms with Crippen molar-refractivity contribution in [2.75, 3.05) is 13.2 Å². The van der Waals surface area contributed by atoms with Crippen molar-refractivity contribution in [1.29, 1.82) is 0 Å². The second-order valence-corrected chi connectivity index (χ2v) is 14.1. The molecule has 0 saturated carbocycles. The van der Waals surface area contributed by atoms with Crippen LogP contribution in [0.15, 0.2) is 0 Å². The first-order valence-electron chi connectivity index (χ1n) is 14.2. The number of unbranched alkanes of at least 4 members (excludes halogenated alkanes) is 13. The van der Waals surface area contributed by atoms with Gasteiger partial charge in [-0.2, -0.15) is 0 Å². The van der Waals surface area contributed by atoms with Crippen LogP contribution in [0.4, 0.5) is 0 Å². The highest BCUT2D eigenvalue weighted by Gasteiger charge is 2.54. The van der Waals surface area contributed by atoms with Crippen LogP contribution in [0.2, 0.25) is 11.1 Å². The van der Waals surface area contributed by atoms with Crippen LogP contribution in [0.3, 0.4) is 0 Å². The molecule has 0 N–H and O–H groups in total. The summed E-state index contributed by atoms with van der Waals surface area (Å²) < 4.78 is 13.1. The fraction of sp³-hybridized carbons (Fsp3) is 1.00. The molecule has 0 aliphatic heterocycles. The summed E-state index contributed by atoms with van der Waals surface area (Å²) in [4.78, 5) is 0. The van der Waals surface area contributed by atoms with Gasteiger partial charge in [-0.25, -0.2) is 0 Å². The van der Waals surface area contributed by atoms with Gasteiger partial charge in [0, 0.05) is 18.3 Å². The topological polar surface area (TPSA) is 18.5 Å². The second kappa shape index (κ2) is 19.6. The van der Waals surface area contributed by atoms with Gasteiger partial charge in [-0.3, -0.25) is 0 Å². The fourth-order valence-electron chi connectivity index (χ4n) is 5.52. The van der Waals surface area contributed by atoms with Crippen LogP contribution in [-0.4, -0.2) is 21.8 Å². The number of hydrogen-bond donors (Lipinski definition) is 0. The molecule has 0 bridgehead atoms. The quantitative estimate of drug-likeness (QED) is 0.112. The van der Waals surface area contributed by atoms with Crippen molar-refractivity contribution < 1.29 is 8.85 Å². The molecule has 0 aliphatic rings. The minimum atomic E-state index is -2.23. The number of hydrogen-bond acceptors (Lipinski definition) is 2. The maximum atomic E-state index is 6.55. The van der Waals surface area contributed by atoms with Crippen LogP contribution in [0.1, 0.15) is 151 Å². The van der Waals surface area contributed by atoms with Crippen LogP contribution in [0.5, 0.6) is 0 Å². The first-order chi connectivity index (χ1) is 15.0. The molecule has 0 atom stereocenters. The van der Waals surface area contributed by atoms with Gasteiger partial charge in [0.05, 0.1) is 0 Å². The van der Waals surface area contributed by atoms with E-state index < -0.39 is 8.56 Å². The van der Waals surface area contributed by atoms with E-state index in [0.717, 1.165) is 19.3 Å². The summed E-state index contributed by atoms with van der Waals surface area (Å²) in [6.07, 6.45) is 22.2. The molecule has 31 heavy (non-hydrogen) atoms. The SMILES string of the molecule is CCCCCCCCCCCCCCCC[Si](OCC)(OCC)C(C)(C)C(CC)CC. The predicted molar refractivity (Wildman–Crippen MR) is 142 cm³/mol. The molecule has 0 saturated heterocycles. The van der Waals surface area contributed by atoms with Crippen molar-refractivity contribution in [3.05, 3.63) is 0 Å². The van der Waals surface area contributed by atoms with Crippen LogP contribution in [0, 0.1) is 5.92 Å². The average Bonchev–Trinajstić information content (AvgIpc) is 2.74. The Bertz CT molecular complexity index is 373. The lowest BCUT2D eigenvalue weighted by atomic mass is 9.90. The smallest absolute Gasteiger partial charge is 0.344 e. The van der Waals surface area contributed by atoms with Crippen molar-refractivity contribution in [3.63, 3.8) is 0 Å². The van der Waals surface area contributed by atoms with Gasteiger partial charge in [-0.15, -0.1) is 0 Å². The van der Waals surface area contributed by atoms with E-state index in [-0.39, 0.29) is 5.04 Å². The van der Waals surface area contributed by atoms with Gasteiger partial charge in [0.15, 0.2) is 0 Å². The molecule has 0 aliphatic carbocycles. The highest BCUT2D eigenvalue weighted by atomic mass is 28.4. The standard InChI is InChI=1S/C28H60O2Si/c1-8-13-14-15-16-17-18-19-20-21-22-23-24-25-26-31(29-11-4,30-12-5)28(6,7)27(9-2)10-3/h27H,8-26H2,1-7H3. The highest BCUT2D eigenvalue weighted by Crippen LogP contribution is 2.50. The monoisotopic (exact) mass is 456 g/mol. The van der Waals surface area contributed by atoms with Gasteiger partial charge in [-0.1, -0.05) is 137 Å². The third-order valence-corrected chi connectivity index (χ3v) is 12.5. The lowest BCUT2D eigenvalue weighted by Crippen LogP contribution is -2.54. The van der Waals surface area contributed by atoms with E-state index in [2.05, 4.69) is 48.5 Å². The molecule has 0 aromatic heterocycles. The Labute approximate surface area is 198 Å². The van der Waals surface area contributed by atoms with Crippen molar-refractivity contribution in [3.8, 4) is 0 Å². The average molecular weight is 457 g/mol. The van der Waals surface area contributed by atoms with E-state index in [1.54, 1.807) is 0 Å². The molecule has 0 heterocycles. The minimum absolute atomic E-state index is 0.166. The van der Waals surface area contributed by atoms with Crippen molar-refractivity contribution >= 4 is 8.56 Å². The largest absolute Gasteiger partial charge is 0.394 e. The van der Waals surface area contributed by atoms with Crippen molar-refractivity contribution in [2.24, 2.45) is 5.92 Å². The van der Waals surface area contributed by atoms with E-state index in [1.165, 1.54) is 103 Å². The molecular weight excluding hydrogens is 396 g/mol. The Morgan fingerprint density at radius 2 is 0.903 bits per heavy atom. The first kappa shape index (κ1) is 31.1. The number of rotatable bonds is 23. The molecule has 0 amide bonds. The molecule has 0 spiro atoms. The van der Waals surface area contributed by atoms with Crippen LogP contribution >= 0.6 is 0 Å². The zero-order valence-electron chi connectivity index (χ0n) is 22.8. The Morgan fingerprint density at radius 3 is 1.23 bits per heavy atom. The summed E-state index contributed by atoms with van der Waals surface area (Å²) in [7, 11) is -2.23. The fourth-order valence-corrected chi connectivity index (χ4v) is 9.96. The molecular formula is C28H60O2Si. The highest BCUT2D eigenvalue weighted by molar-refractivity contribution is 6.70. The van der Waals surface area contributed by atoms with Crippen LogP contribution in [0.25, 0.3) is 0 Å².